The summed E-state index contributed by atoms with van der Waals surface area (Å²) in [5.74, 6) is 0.384. The maximum absolute atomic E-state index is 11.9. The van der Waals surface area contributed by atoms with Crippen LogP contribution in [0.25, 0.3) is 0 Å². The minimum atomic E-state index is -1.41. The molecule has 0 spiro atoms. The summed E-state index contributed by atoms with van der Waals surface area (Å²) in [6, 6.07) is 12.2. The van der Waals surface area contributed by atoms with Gasteiger partial charge in [-0.1, -0.05) is 23.4 Å². The van der Waals surface area contributed by atoms with E-state index in [9.17, 15) is 20.4 Å². The van der Waals surface area contributed by atoms with Gasteiger partial charge in [0.15, 0.2) is 0 Å². The zero-order valence-electron chi connectivity index (χ0n) is 16.5. The van der Waals surface area contributed by atoms with Crippen LogP contribution in [0, 0.1) is 0 Å². The van der Waals surface area contributed by atoms with Crippen LogP contribution in [0.3, 0.4) is 0 Å². The van der Waals surface area contributed by atoms with Gasteiger partial charge in [0.1, 0.15) is 29.8 Å². The van der Waals surface area contributed by atoms with Gasteiger partial charge in [-0.25, -0.2) is 0 Å². The molecular formula is C23H27NO5. The molecule has 2 aliphatic rings. The minimum Gasteiger partial charge on any atom is -0.508 e. The van der Waals surface area contributed by atoms with E-state index in [0.717, 1.165) is 16.7 Å². The number of nitrogens with zero attached hydrogens (tertiary/aromatic N) is 1. The fourth-order valence-electron chi connectivity index (χ4n) is 5.10. The van der Waals surface area contributed by atoms with Crippen molar-refractivity contribution in [2.75, 3.05) is 6.61 Å². The maximum Gasteiger partial charge on any atom is 0.125 e. The van der Waals surface area contributed by atoms with Gasteiger partial charge < -0.3 is 25.3 Å². The lowest BCUT2D eigenvalue weighted by Crippen LogP contribution is -2.67. The highest BCUT2D eigenvalue weighted by atomic mass is 16.6. The molecule has 0 amide bonds. The highest BCUT2D eigenvalue weighted by Gasteiger charge is 2.61. The number of phenols is 2. The lowest BCUT2D eigenvalue weighted by atomic mass is 9.51. The second-order valence-corrected chi connectivity index (χ2v) is 8.09. The van der Waals surface area contributed by atoms with E-state index in [0.29, 0.717) is 44.4 Å². The average Bonchev–Trinajstić information content (AvgIpc) is 2.71. The number of fused-ring (bicyclic) bond motifs is 3. The molecule has 1 fully saturated rings. The van der Waals surface area contributed by atoms with E-state index in [1.807, 2.05) is 25.1 Å². The topological polar surface area (TPSA) is 103 Å². The van der Waals surface area contributed by atoms with Crippen molar-refractivity contribution in [3.05, 3.63) is 59.2 Å². The van der Waals surface area contributed by atoms with E-state index in [1.54, 1.807) is 24.3 Å². The third-order valence-corrected chi connectivity index (χ3v) is 6.54. The molecule has 0 saturated heterocycles. The first-order valence-corrected chi connectivity index (χ1v) is 10.1. The molecule has 0 radical (unpaired) electrons. The molecule has 2 aromatic rings. The average molecular weight is 397 g/mol. The van der Waals surface area contributed by atoms with E-state index in [2.05, 4.69) is 5.16 Å². The van der Waals surface area contributed by atoms with Crippen LogP contribution in [0.1, 0.15) is 42.9 Å². The van der Waals surface area contributed by atoms with Crippen LogP contribution in [0.4, 0.5) is 0 Å². The SMILES string of the molecule is CCON=C1CCC2(Cc3ccc(O)cc3)c3ccc(O)cc3CCC2(O)C1O. The molecule has 0 bridgehead atoms. The van der Waals surface area contributed by atoms with E-state index in [1.165, 1.54) is 0 Å². The summed E-state index contributed by atoms with van der Waals surface area (Å²) in [6.07, 6.45) is 1.36. The van der Waals surface area contributed by atoms with Crippen molar-refractivity contribution in [3.8, 4) is 11.5 Å². The van der Waals surface area contributed by atoms with E-state index >= 15 is 0 Å². The Morgan fingerprint density at radius 1 is 1.03 bits per heavy atom. The summed E-state index contributed by atoms with van der Waals surface area (Å²) >= 11 is 0. The van der Waals surface area contributed by atoms with E-state index < -0.39 is 17.1 Å². The molecule has 6 nitrogen and oxygen atoms in total. The van der Waals surface area contributed by atoms with Gasteiger partial charge in [0.25, 0.3) is 0 Å². The molecule has 29 heavy (non-hydrogen) atoms. The first-order valence-electron chi connectivity index (χ1n) is 10.1. The third kappa shape index (κ3) is 3.16. The zero-order chi connectivity index (χ0) is 20.6. The number of hydrogen-bond donors (Lipinski definition) is 4. The Balaban J connectivity index is 1.84. The van der Waals surface area contributed by atoms with Crippen LogP contribution >= 0.6 is 0 Å². The van der Waals surface area contributed by atoms with Gasteiger partial charge in [-0.15, -0.1) is 0 Å². The Morgan fingerprint density at radius 2 is 1.76 bits per heavy atom. The molecular weight excluding hydrogens is 370 g/mol. The monoisotopic (exact) mass is 397 g/mol. The van der Waals surface area contributed by atoms with E-state index in [-0.39, 0.29) is 11.5 Å². The summed E-state index contributed by atoms with van der Waals surface area (Å²) in [4.78, 5) is 5.17. The number of aromatic hydroxyl groups is 2. The van der Waals surface area contributed by atoms with Gasteiger partial charge in [0, 0.05) is 5.41 Å². The number of aliphatic hydroxyl groups is 2. The van der Waals surface area contributed by atoms with Gasteiger partial charge in [0.05, 0.1) is 5.71 Å². The van der Waals surface area contributed by atoms with Crippen molar-refractivity contribution in [2.24, 2.45) is 5.16 Å². The summed E-state index contributed by atoms with van der Waals surface area (Å²) in [5.41, 5.74) is 1.22. The molecule has 6 heteroatoms. The van der Waals surface area contributed by atoms with Crippen LogP contribution in [0.5, 0.6) is 11.5 Å². The standard InChI is InChI=1S/C23H27NO5/c1-2-29-24-20-10-11-22(14-15-3-5-17(25)6-4-15)19-8-7-18(26)13-16(19)9-12-23(22,28)21(20)27/h3-8,13,21,25-28H,2,9-12,14H2,1H3. The summed E-state index contributed by atoms with van der Waals surface area (Å²) in [7, 11) is 0. The zero-order valence-corrected chi connectivity index (χ0v) is 16.5. The molecule has 4 N–H and O–H groups in total. The fraction of sp³-hybridized carbons (Fsp3) is 0.435. The number of aryl methyl sites for hydroxylation is 1. The largest absolute Gasteiger partial charge is 0.508 e. The predicted octanol–water partition coefficient (Wildman–Crippen LogP) is 2.80. The van der Waals surface area contributed by atoms with Crippen molar-refractivity contribution in [2.45, 2.75) is 56.1 Å². The molecule has 2 aromatic carbocycles. The van der Waals surface area contributed by atoms with Gasteiger partial charge in [-0.3, -0.25) is 0 Å². The molecule has 4 rings (SSSR count). The predicted molar refractivity (Wildman–Crippen MR) is 109 cm³/mol. The molecule has 1 saturated carbocycles. The highest BCUT2D eigenvalue weighted by Crippen LogP contribution is 2.54. The lowest BCUT2D eigenvalue weighted by molar-refractivity contribution is -0.126. The number of oxime groups is 1. The van der Waals surface area contributed by atoms with Gasteiger partial charge in [-0.05, 0) is 80.0 Å². The Hall–Kier alpha value is -2.57. The second kappa shape index (κ2) is 7.35. The Bertz CT molecular complexity index is 925. The molecule has 0 aliphatic heterocycles. The minimum absolute atomic E-state index is 0.185. The Kier molecular flexibility index (Phi) is 5.00. The van der Waals surface area contributed by atoms with Gasteiger partial charge in [-0.2, -0.15) is 0 Å². The Morgan fingerprint density at radius 3 is 2.48 bits per heavy atom. The molecule has 3 unspecified atom stereocenters. The number of aliphatic hydroxyl groups excluding tert-OH is 1. The van der Waals surface area contributed by atoms with Crippen LogP contribution in [0.2, 0.25) is 0 Å². The van der Waals surface area contributed by atoms with E-state index in [4.69, 9.17) is 4.84 Å². The van der Waals surface area contributed by atoms with Crippen molar-refractivity contribution >= 4 is 5.71 Å². The molecule has 0 heterocycles. The van der Waals surface area contributed by atoms with Gasteiger partial charge >= 0.3 is 0 Å². The van der Waals surface area contributed by atoms with Gasteiger partial charge in [0.2, 0.25) is 0 Å². The number of benzene rings is 2. The first-order chi connectivity index (χ1) is 13.9. The van der Waals surface area contributed by atoms with Crippen LogP contribution < -0.4 is 0 Å². The number of hydrogen-bond acceptors (Lipinski definition) is 6. The third-order valence-electron chi connectivity index (χ3n) is 6.54. The van der Waals surface area contributed by atoms with Crippen LogP contribution in [-0.2, 0) is 23.1 Å². The summed E-state index contributed by atoms with van der Waals surface area (Å²) < 4.78 is 0. The van der Waals surface area contributed by atoms with Crippen LogP contribution in [0.15, 0.2) is 47.6 Å². The van der Waals surface area contributed by atoms with Crippen LogP contribution in [-0.4, -0.2) is 44.4 Å². The summed E-state index contributed by atoms with van der Waals surface area (Å²) in [6.45, 7) is 2.22. The fourth-order valence-corrected chi connectivity index (χ4v) is 5.10. The molecule has 2 aliphatic carbocycles. The maximum atomic E-state index is 11.9. The summed E-state index contributed by atoms with van der Waals surface area (Å²) in [5, 5.41) is 46.8. The second-order valence-electron chi connectivity index (χ2n) is 8.09. The van der Waals surface area contributed by atoms with Crippen molar-refractivity contribution < 1.29 is 25.3 Å². The molecule has 154 valence electrons. The lowest BCUT2D eigenvalue weighted by Gasteiger charge is -2.56. The first kappa shape index (κ1) is 19.7. The smallest absolute Gasteiger partial charge is 0.125 e. The van der Waals surface area contributed by atoms with Crippen molar-refractivity contribution in [1.29, 1.82) is 0 Å². The molecule has 0 aromatic heterocycles. The number of phenolic OH excluding ortho intramolecular Hbond substituents is 2. The number of rotatable bonds is 4. The molecule has 3 atom stereocenters. The van der Waals surface area contributed by atoms with Crippen molar-refractivity contribution in [3.63, 3.8) is 0 Å². The Labute approximate surface area is 170 Å². The van der Waals surface area contributed by atoms with Crippen molar-refractivity contribution in [1.82, 2.24) is 0 Å². The normalized spacial score (nSPS) is 29.9. The highest BCUT2D eigenvalue weighted by molar-refractivity contribution is 5.91. The quantitative estimate of drug-likeness (QED) is 0.594.